The van der Waals surface area contributed by atoms with E-state index in [1.165, 1.54) is 6.20 Å². The Bertz CT molecular complexity index is 426. The van der Waals surface area contributed by atoms with Crippen LogP contribution in [0.3, 0.4) is 0 Å². The maximum atomic E-state index is 11.0. The summed E-state index contributed by atoms with van der Waals surface area (Å²) in [6.45, 7) is 1.91. The van der Waals surface area contributed by atoms with E-state index in [9.17, 15) is 9.90 Å². The van der Waals surface area contributed by atoms with Gasteiger partial charge in [-0.1, -0.05) is 0 Å². The number of aliphatic hydroxyl groups is 2. The number of nitrogens with one attached hydrogen (secondary N) is 1. The molecule has 19 heavy (non-hydrogen) atoms. The van der Waals surface area contributed by atoms with Crippen LogP contribution in [-0.2, 0) is 6.54 Å². The van der Waals surface area contributed by atoms with Crippen LogP contribution in [0.5, 0.6) is 0 Å². The van der Waals surface area contributed by atoms with Crippen LogP contribution >= 0.6 is 0 Å². The fourth-order valence-electron chi connectivity index (χ4n) is 2.50. The zero-order chi connectivity index (χ0) is 13.8. The zero-order valence-corrected chi connectivity index (χ0v) is 10.6. The highest BCUT2D eigenvalue weighted by Crippen LogP contribution is 2.22. The van der Waals surface area contributed by atoms with E-state index < -0.39 is 12.1 Å². The van der Waals surface area contributed by atoms with E-state index in [1.54, 1.807) is 0 Å². The zero-order valence-electron chi connectivity index (χ0n) is 10.6. The summed E-state index contributed by atoms with van der Waals surface area (Å²) in [5.41, 5.74) is 0.811. The topological polar surface area (TPSA) is 110 Å². The van der Waals surface area contributed by atoms with Crippen molar-refractivity contribution in [3.63, 3.8) is 0 Å². The van der Waals surface area contributed by atoms with Gasteiger partial charge in [-0.2, -0.15) is 5.10 Å². The van der Waals surface area contributed by atoms with E-state index in [1.807, 2.05) is 0 Å². The van der Waals surface area contributed by atoms with Crippen LogP contribution in [0.4, 0.5) is 0 Å². The van der Waals surface area contributed by atoms with E-state index >= 15 is 0 Å². The quantitative estimate of drug-likeness (QED) is 0.583. The minimum Gasteiger partial charge on any atom is -0.477 e. The number of piperidine rings is 1. The summed E-state index contributed by atoms with van der Waals surface area (Å²) in [7, 11) is 0. The van der Waals surface area contributed by atoms with E-state index in [0.29, 0.717) is 12.1 Å². The lowest BCUT2D eigenvalue weighted by atomic mass is 9.91. The molecule has 7 heteroatoms. The number of carbonyl (C=O) groups is 1. The van der Waals surface area contributed by atoms with Crippen LogP contribution < -0.4 is 0 Å². The molecule has 4 N–H and O–H groups in total. The molecule has 0 radical (unpaired) electrons. The molecule has 106 valence electrons. The maximum absolute atomic E-state index is 11.0. The van der Waals surface area contributed by atoms with Crippen molar-refractivity contribution in [2.45, 2.75) is 25.5 Å². The van der Waals surface area contributed by atoms with Gasteiger partial charge in [-0.3, -0.25) is 10.00 Å². The fraction of sp³-hybridized carbons (Fsp3) is 0.667. The first kappa shape index (κ1) is 14.0. The Morgan fingerprint density at radius 3 is 2.79 bits per heavy atom. The van der Waals surface area contributed by atoms with Crippen molar-refractivity contribution in [2.75, 3.05) is 19.7 Å². The molecule has 1 aliphatic heterocycles. The first-order valence-corrected chi connectivity index (χ1v) is 6.38. The highest BCUT2D eigenvalue weighted by atomic mass is 16.4. The molecule has 0 saturated carbocycles. The Kier molecular flexibility index (Phi) is 4.52. The van der Waals surface area contributed by atoms with Crippen molar-refractivity contribution in [3.8, 4) is 0 Å². The summed E-state index contributed by atoms with van der Waals surface area (Å²) in [5, 5.41) is 33.7. The van der Waals surface area contributed by atoms with Crippen molar-refractivity contribution < 1.29 is 20.1 Å². The number of aliphatic hydroxyl groups excluding tert-OH is 2. The molecule has 1 unspecified atom stereocenters. The lowest BCUT2D eigenvalue weighted by Crippen LogP contribution is -2.38. The molecule has 0 bridgehead atoms. The molecule has 0 aliphatic carbocycles. The van der Waals surface area contributed by atoms with E-state index in [0.717, 1.165) is 25.9 Å². The number of carboxylic acid groups (broad SMARTS) is 1. The summed E-state index contributed by atoms with van der Waals surface area (Å²) in [4.78, 5) is 13.1. The number of H-pyrrole nitrogens is 1. The molecule has 1 aliphatic rings. The number of nitrogens with zero attached hydrogens (tertiary/aromatic N) is 2. The monoisotopic (exact) mass is 269 g/mol. The largest absolute Gasteiger partial charge is 0.477 e. The molecule has 1 saturated heterocycles. The third kappa shape index (κ3) is 3.31. The molecule has 7 nitrogen and oxygen atoms in total. The van der Waals surface area contributed by atoms with E-state index in [2.05, 4.69) is 15.1 Å². The van der Waals surface area contributed by atoms with Gasteiger partial charge in [0.1, 0.15) is 5.69 Å². The van der Waals surface area contributed by atoms with Gasteiger partial charge in [0, 0.05) is 12.1 Å². The molecule has 0 aromatic carbocycles. The van der Waals surface area contributed by atoms with Gasteiger partial charge in [-0.25, -0.2) is 4.79 Å². The number of carboxylic acids is 1. The highest BCUT2D eigenvalue weighted by molar-refractivity contribution is 5.86. The molecular weight excluding hydrogens is 250 g/mol. The Morgan fingerprint density at radius 1 is 1.53 bits per heavy atom. The number of aromatic nitrogens is 2. The molecule has 1 aromatic rings. The Balaban J connectivity index is 1.89. The maximum Gasteiger partial charge on any atom is 0.354 e. The molecule has 1 aromatic heterocycles. The van der Waals surface area contributed by atoms with Gasteiger partial charge in [0.15, 0.2) is 0 Å². The van der Waals surface area contributed by atoms with Crippen LogP contribution in [0.1, 0.15) is 28.9 Å². The van der Waals surface area contributed by atoms with Crippen molar-refractivity contribution in [3.05, 3.63) is 17.5 Å². The number of likely N-dealkylation sites (tertiary alicyclic amines) is 1. The van der Waals surface area contributed by atoms with Crippen LogP contribution in [0.2, 0.25) is 0 Å². The van der Waals surface area contributed by atoms with Crippen LogP contribution in [0.15, 0.2) is 6.20 Å². The normalized spacial score (nSPS) is 19.5. The number of aromatic carboxylic acids is 1. The molecule has 1 atom stereocenters. The van der Waals surface area contributed by atoms with Gasteiger partial charge in [0.25, 0.3) is 0 Å². The fourth-order valence-corrected chi connectivity index (χ4v) is 2.50. The van der Waals surface area contributed by atoms with Gasteiger partial charge in [0.2, 0.25) is 0 Å². The van der Waals surface area contributed by atoms with Gasteiger partial charge in [-0.05, 0) is 31.8 Å². The molecule has 2 rings (SSSR count). The summed E-state index contributed by atoms with van der Waals surface area (Å²) >= 11 is 0. The summed E-state index contributed by atoms with van der Waals surface area (Å²) in [6, 6.07) is 0. The van der Waals surface area contributed by atoms with Gasteiger partial charge < -0.3 is 15.3 Å². The first-order chi connectivity index (χ1) is 9.11. The number of aromatic amines is 1. The molecule has 0 amide bonds. The predicted molar refractivity (Wildman–Crippen MR) is 66.6 cm³/mol. The second kappa shape index (κ2) is 6.14. The second-order valence-electron chi connectivity index (χ2n) is 4.94. The van der Waals surface area contributed by atoms with Gasteiger partial charge >= 0.3 is 5.97 Å². The first-order valence-electron chi connectivity index (χ1n) is 6.38. The van der Waals surface area contributed by atoms with Crippen LogP contribution in [0, 0.1) is 5.92 Å². The molecule has 1 fully saturated rings. The second-order valence-corrected chi connectivity index (χ2v) is 4.94. The van der Waals surface area contributed by atoms with E-state index in [4.69, 9.17) is 10.2 Å². The van der Waals surface area contributed by atoms with Gasteiger partial charge in [-0.15, -0.1) is 0 Å². The molecule has 0 spiro atoms. The van der Waals surface area contributed by atoms with Crippen LogP contribution in [-0.4, -0.2) is 62.2 Å². The predicted octanol–water partition coefficient (Wildman–Crippen LogP) is -0.327. The Hall–Kier alpha value is -1.44. The minimum atomic E-state index is -1.00. The summed E-state index contributed by atoms with van der Waals surface area (Å²) in [6.07, 6.45) is 2.51. The highest BCUT2D eigenvalue weighted by Gasteiger charge is 2.25. The smallest absolute Gasteiger partial charge is 0.354 e. The lowest BCUT2D eigenvalue weighted by molar-refractivity contribution is 0.0171. The van der Waals surface area contributed by atoms with Gasteiger partial charge in [0.05, 0.1) is 18.9 Å². The average molecular weight is 269 g/mol. The molecule has 2 heterocycles. The number of hydrogen-bond acceptors (Lipinski definition) is 5. The summed E-state index contributed by atoms with van der Waals surface area (Å²) < 4.78 is 0. The minimum absolute atomic E-state index is 0.129. The van der Waals surface area contributed by atoms with Crippen LogP contribution in [0.25, 0.3) is 0 Å². The summed E-state index contributed by atoms with van der Waals surface area (Å²) in [5.74, 6) is -0.873. The number of hydrogen-bond donors (Lipinski definition) is 4. The third-order valence-corrected chi connectivity index (χ3v) is 3.69. The van der Waals surface area contributed by atoms with Crippen molar-refractivity contribution in [2.24, 2.45) is 5.92 Å². The molecular formula is C12H19N3O4. The van der Waals surface area contributed by atoms with Crippen molar-refractivity contribution in [1.29, 1.82) is 0 Å². The average Bonchev–Trinajstić information content (AvgIpc) is 2.87. The van der Waals surface area contributed by atoms with Crippen molar-refractivity contribution >= 4 is 5.97 Å². The van der Waals surface area contributed by atoms with Crippen molar-refractivity contribution in [1.82, 2.24) is 15.1 Å². The Labute approximate surface area is 110 Å². The Morgan fingerprint density at radius 2 is 2.21 bits per heavy atom. The standard InChI is InChI=1S/C12H19N3O4/c16-7-10(17)8-1-3-15(4-2-8)6-9-5-13-14-11(9)12(18)19/h5,8,10,16-17H,1-4,6-7H2,(H,13,14)(H,18,19). The lowest BCUT2D eigenvalue weighted by Gasteiger charge is -2.33. The number of rotatable bonds is 5. The SMILES string of the molecule is O=C(O)c1[nH]ncc1CN1CCC(C(O)CO)CC1. The van der Waals surface area contributed by atoms with E-state index in [-0.39, 0.29) is 18.2 Å². The third-order valence-electron chi connectivity index (χ3n) is 3.69.